The maximum Gasteiger partial charge on any atom is 0.0593 e. The molecule has 0 bridgehead atoms. The Balaban J connectivity index is 2.78. The van der Waals surface area contributed by atoms with Crippen LogP contribution < -0.4 is 5.73 Å². The van der Waals surface area contributed by atoms with Crippen molar-refractivity contribution < 1.29 is 0 Å². The summed E-state index contributed by atoms with van der Waals surface area (Å²) in [6, 6.07) is 7.56. The van der Waals surface area contributed by atoms with Crippen LogP contribution in [0.5, 0.6) is 0 Å². The zero-order chi connectivity index (χ0) is 11.3. The SMILES string of the molecule is C/C=C\C(Cl)=C(/N)Cc1ccc(Cl)cc1. The highest BCUT2D eigenvalue weighted by Crippen LogP contribution is 2.15. The summed E-state index contributed by atoms with van der Waals surface area (Å²) < 4.78 is 0. The molecular formula is C12H13Cl2N. The predicted octanol–water partition coefficient (Wildman–Crippen LogP) is 3.87. The predicted molar refractivity (Wildman–Crippen MR) is 67.0 cm³/mol. The molecule has 0 saturated heterocycles. The molecule has 1 aromatic rings. The van der Waals surface area contributed by atoms with E-state index < -0.39 is 0 Å². The van der Waals surface area contributed by atoms with Gasteiger partial charge in [-0.25, -0.2) is 0 Å². The lowest BCUT2D eigenvalue weighted by Gasteiger charge is -2.03. The van der Waals surface area contributed by atoms with E-state index in [0.29, 0.717) is 17.2 Å². The number of hydrogen-bond donors (Lipinski definition) is 1. The van der Waals surface area contributed by atoms with Crippen molar-refractivity contribution in [3.63, 3.8) is 0 Å². The molecule has 1 rings (SSSR count). The van der Waals surface area contributed by atoms with Gasteiger partial charge in [-0.05, 0) is 30.7 Å². The molecule has 1 nitrogen and oxygen atoms in total. The molecule has 0 fully saturated rings. The summed E-state index contributed by atoms with van der Waals surface area (Å²) in [4.78, 5) is 0. The Morgan fingerprint density at radius 1 is 1.33 bits per heavy atom. The van der Waals surface area contributed by atoms with Gasteiger partial charge in [0.05, 0.1) is 5.03 Å². The third kappa shape index (κ3) is 3.98. The quantitative estimate of drug-likeness (QED) is 0.800. The summed E-state index contributed by atoms with van der Waals surface area (Å²) in [7, 11) is 0. The van der Waals surface area contributed by atoms with Crippen molar-refractivity contribution in [3.05, 3.63) is 57.7 Å². The van der Waals surface area contributed by atoms with Crippen LogP contribution >= 0.6 is 23.2 Å². The zero-order valence-electron chi connectivity index (χ0n) is 8.50. The van der Waals surface area contributed by atoms with Gasteiger partial charge >= 0.3 is 0 Å². The Morgan fingerprint density at radius 2 is 1.93 bits per heavy atom. The van der Waals surface area contributed by atoms with Crippen molar-refractivity contribution in [2.75, 3.05) is 0 Å². The molecule has 0 heterocycles. The van der Waals surface area contributed by atoms with Crippen molar-refractivity contribution in [2.24, 2.45) is 5.73 Å². The van der Waals surface area contributed by atoms with Crippen LogP contribution in [0.2, 0.25) is 5.02 Å². The van der Waals surface area contributed by atoms with Crippen molar-refractivity contribution in [2.45, 2.75) is 13.3 Å². The first kappa shape index (κ1) is 12.2. The molecule has 0 aliphatic heterocycles. The lowest BCUT2D eigenvalue weighted by atomic mass is 10.1. The minimum absolute atomic E-state index is 0.590. The van der Waals surface area contributed by atoms with E-state index in [4.69, 9.17) is 28.9 Å². The van der Waals surface area contributed by atoms with Gasteiger partial charge in [-0.3, -0.25) is 0 Å². The fourth-order valence-corrected chi connectivity index (χ4v) is 1.48. The van der Waals surface area contributed by atoms with Crippen molar-refractivity contribution in [1.29, 1.82) is 0 Å². The summed E-state index contributed by atoms with van der Waals surface area (Å²) in [5.41, 5.74) is 7.60. The maximum absolute atomic E-state index is 5.95. The number of benzene rings is 1. The summed E-state index contributed by atoms with van der Waals surface area (Å²) in [5, 5.41) is 1.31. The second-order valence-corrected chi connectivity index (χ2v) is 4.02. The van der Waals surface area contributed by atoms with Crippen molar-refractivity contribution >= 4 is 23.2 Å². The number of halogens is 2. The van der Waals surface area contributed by atoms with Gasteiger partial charge < -0.3 is 5.73 Å². The van der Waals surface area contributed by atoms with Gasteiger partial charge in [0, 0.05) is 17.1 Å². The van der Waals surface area contributed by atoms with Crippen molar-refractivity contribution in [1.82, 2.24) is 0 Å². The smallest absolute Gasteiger partial charge is 0.0593 e. The minimum atomic E-state index is 0.590. The molecule has 3 heteroatoms. The molecule has 0 aliphatic carbocycles. The molecule has 0 unspecified atom stereocenters. The summed E-state index contributed by atoms with van der Waals surface area (Å²) in [6.07, 6.45) is 4.28. The van der Waals surface area contributed by atoms with Crippen LogP contribution in [0.1, 0.15) is 12.5 Å². The van der Waals surface area contributed by atoms with Crippen LogP contribution in [0.4, 0.5) is 0 Å². The molecule has 0 aromatic heterocycles. The topological polar surface area (TPSA) is 26.0 Å². The fraction of sp³-hybridized carbons (Fsp3) is 0.167. The molecule has 2 N–H and O–H groups in total. The van der Waals surface area contributed by atoms with Gasteiger partial charge in [-0.2, -0.15) is 0 Å². The fourth-order valence-electron chi connectivity index (χ4n) is 1.16. The van der Waals surface area contributed by atoms with E-state index in [1.54, 1.807) is 6.08 Å². The Bertz CT molecular complexity index is 377. The van der Waals surface area contributed by atoms with Gasteiger partial charge in [-0.1, -0.05) is 41.4 Å². The number of nitrogens with two attached hydrogens (primary N) is 1. The second kappa shape index (κ2) is 5.84. The first-order valence-electron chi connectivity index (χ1n) is 4.64. The van der Waals surface area contributed by atoms with Crippen LogP contribution in [-0.4, -0.2) is 0 Å². The molecule has 0 aliphatic rings. The monoisotopic (exact) mass is 241 g/mol. The molecular weight excluding hydrogens is 229 g/mol. The number of hydrogen-bond acceptors (Lipinski definition) is 1. The molecule has 1 aromatic carbocycles. The summed E-state index contributed by atoms with van der Waals surface area (Å²) in [5.74, 6) is 0. The first-order valence-corrected chi connectivity index (χ1v) is 5.40. The highest BCUT2D eigenvalue weighted by Gasteiger charge is 1.99. The highest BCUT2D eigenvalue weighted by atomic mass is 35.5. The number of allylic oxidation sites excluding steroid dienone is 4. The maximum atomic E-state index is 5.95. The lowest BCUT2D eigenvalue weighted by Crippen LogP contribution is -2.02. The van der Waals surface area contributed by atoms with Crippen LogP contribution in [0, 0.1) is 0 Å². The summed E-state index contributed by atoms with van der Waals surface area (Å²) in [6.45, 7) is 1.90. The summed E-state index contributed by atoms with van der Waals surface area (Å²) >= 11 is 11.7. The van der Waals surface area contributed by atoms with E-state index in [1.807, 2.05) is 37.3 Å². The molecule has 0 atom stereocenters. The van der Waals surface area contributed by atoms with E-state index in [2.05, 4.69) is 0 Å². The Hall–Kier alpha value is -0.920. The van der Waals surface area contributed by atoms with Gasteiger partial charge in [0.2, 0.25) is 0 Å². The second-order valence-electron chi connectivity index (χ2n) is 3.18. The van der Waals surface area contributed by atoms with Gasteiger partial charge in [0.25, 0.3) is 0 Å². The Kier molecular flexibility index (Phi) is 4.73. The van der Waals surface area contributed by atoms with Crippen LogP contribution in [0.25, 0.3) is 0 Å². The molecule has 15 heavy (non-hydrogen) atoms. The first-order chi connectivity index (χ1) is 7.13. The number of rotatable bonds is 3. The van der Waals surface area contributed by atoms with Gasteiger partial charge in [0.15, 0.2) is 0 Å². The van der Waals surface area contributed by atoms with E-state index >= 15 is 0 Å². The standard InChI is InChI=1S/C12H13Cl2N/c1-2-3-11(14)12(15)8-9-4-6-10(13)7-5-9/h2-7H,8,15H2,1H3/b3-2-,12-11+. The largest absolute Gasteiger partial charge is 0.401 e. The van der Waals surface area contributed by atoms with E-state index in [-0.39, 0.29) is 0 Å². The molecule has 0 amide bonds. The molecule has 0 saturated carbocycles. The lowest BCUT2D eigenvalue weighted by molar-refractivity contribution is 1.10. The molecule has 80 valence electrons. The average molecular weight is 242 g/mol. The van der Waals surface area contributed by atoms with Crippen LogP contribution in [-0.2, 0) is 6.42 Å². The molecule has 0 radical (unpaired) electrons. The average Bonchev–Trinajstić information content (AvgIpc) is 2.22. The van der Waals surface area contributed by atoms with Crippen LogP contribution in [0.15, 0.2) is 47.1 Å². The Labute approximate surface area is 100 Å². The molecule has 0 spiro atoms. The highest BCUT2D eigenvalue weighted by molar-refractivity contribution is 6.31. The zero-order valence-corrected chi connectivity index (χ0v) is 10.0. The normalized spacial score (nSPS) is 13.0. The van der Waals surface area contributed by atoms with E-state index in [9.17, 15) is 0 Å². The Morgan fingerprint density at radius 3 is 2.47 bits per heavy atom. The van der Waals surface area contributed by atoms with E-state index in [0.717, 1.165) is 10.6 Å². The van der Waals surface area contributed by atoms with Gasteiger partial charge in [0.1, 0.15) is 0 Å². The van der Waals surface area contributed by atoms with Gasteiger partial charge in [-0.15, -0.1) is 0 Å². The third-order valence-corrected chi connectivity index (χ3v) is 2.55. The van der Waals surface area contributed by atoms with Crippen LogP contribution in [0.3, 0.4) is 0 Å². The van der Waals surface area contributed by atoms with Crippen molar-refractivity contribution in [3.8, 4) is 0 Å². The third-order valence-electron chi connectivity index (χ3n) is 1.93. The van der Waals surface area contributed by atoms with E-state index in [1.165, 1.54) is 0 Å². The minimum Gasteiger partial charge on any atom is -0.401 e.